The fraction of sp³-hybridized carbons (Fsp3) is 0.235. The molecule has 0 radical (unpaired) electrons. The molecule has 140 valence electrons. The second-order valence-corrected chi connectivity index (χ2v) is 6.70. The summed E-state index contributed by atoms with van der Waals surface area (Å²) in [6.07, 6.45) is 3.72. The number of nitro groups is 1. The summed E-state index contributed by atoms with van der Waals surface area (Å²) in [4.78, 5) is 30.2. The molecule has 3 aromatic rings. The topological polar surface area (TPSA) is 112 Å². The molecule has 1 aromatic carbocycles. The fourth-order valence-corrected chi connectivity index (χ4v) is 2.36. The van der Waals surface area contributed by atoms with Gasteiger partial charge in [-0.05, 0) is 26.8 Å². The molecule has 0 unspecified atom stereocenters. The molecule has 3 rings (SSSR count). The molecule has 2 aromatic heterocycles. The van der Waals surface area contributed by atoms with Crippen LogP contribution in [0.1, 0.15) is 20.8 Å². The Balaban J connectivity index is 1.92. The Labute approximate surface area is 153 Å². The SMILES string of the molecule is CC(C)(C)OC(=O)Nc1cnc2nc(-c3cccc([N+](=O)[O-])c3F)cn2c1. The van der Waals surface area contributed by atoms with E-state index in [2.05, 4.69) is 15.3 Å². The monoisotopic (exact) mass is 373 g/mol. The van der Waals surface area contributed by atoms with Crippen LogP contribution in [0.5, 0.6) is 0 Å². The second kappa shape index (κ2) is 6.63. The van der Waals surface area contributed by atoms with E-state index >= 15 is 0 Å². The Kier molecular flexibility index (Phi) is 4.48. The number of nitrogens with zero attached hydrogens (tertiary/aromatic N) is 4. The minimum atomic E-state index is -0.974. The third-order valence-electron chi connectivity index (χ3n) is 3.41. The standard InChI is InChI=1S/C17H16FN5O4/c1-17(2,3)27-16(24)20-10-7-19-15-21-12(9-22(15)8-10)11-5-4-6-13(14(11)18)23(25)26/h4-9H,1-3H3,(H,20,24). The van der Waals surface area contributed by atoms with Crippen LogP contribution in [0.15, 0.2) is 36.8 Å². The fourth-order valence-electron chi connectivity index (χ4n) is 2.36. The van der Waals surface area contributed by atoms with Crippen molar-refractivity contribution in [3.8, 4) is 11.3 Å². The van der Waals surface area contributed by atoms with E-state index in [1.54, 1.807) is 20.8 Å². The number of aromatic nitrogens is 3. The zero-order valence-electron chi connectivity index (χ0n) is 14.8. The Morgan fingerprint density at radius 3 is 2.74 bits per heavy atom. The number of imidazole rings is 1. The lowest BCUT2D eigenvalue weighted by Crippen LogP contribution is -2.27. The molecule has 27 heavy (non-hydrogen) atoms. The van der Waals surface area contributed by atoms with Gasteiger partial charge < -0.3 is 4.74 Å². The molecule has 1 N–H and O–H groups in total. The van der Waals surface area contributed by atoms with Crippen molar-refractivity contribution in [2.45, 2.75) is 26.4 Å². The third-order valence-corrected chi connectivity index (χ3v) is 3.41. The number of nitro benzene ring substituents is 1. The molecule has 0 saturated carbocycles. The van der Waals surface area contributed by atoms with Gasteiger partial charge in [0.25, 0.3) is 0 Å². The predicted octanol–water partition coefficient (Wildman–Crippen LogP) is 3.79. The van der Waals surface area contributed by atoms with Crippen molar-refractivity contribution >= 4 is 23.2 Å². The minimum absolute atomic E-state index is 0.0173. The number of amides is 1. The molecule has 0 fully saturated rings. The normalized spacial score (nSPS) is 11.4. The Bertz CT molecular complexity index is 1040. The molecule has 10 heteroatoms. The number of hydrogen-bond donors (Lipinski definition) is 1. The summed E-state index contributed by atoms with van der Waals surface area (Å²) < 4.78 is 21.0. The summed E-state index contributed by atoms with van der Waals surface area (Å²) in [6, 6.07) is 3.85. The van der Waals surface area contributed by atoms with E-state index in [1.165, 1.54) is 35.1 Å². The van der Waals surface area contributed by atoms with Gasteiger partial charge in [-0.25, -0.2) is 14.8 Å². The van der Waals surface area contributed by atoms with Crippen molar-refractivity contribution in [1.82, 2.24) is 14.4 Å². The van der Waals surface area contributed by atoms with E-state index in [4.69, 9.17) is 4.74 Å². The average molecular weight is 373 g/mol. The number of fused-ring (bicyclic) bond motifs is 1. The zero-order chi connectivity index (χ0) is 19.8. The zero-order valence-corrected chi connectivity index (χ0v) is 14.8. The number of halogens is 1. The Hall–Kier alpha value is -3.56. The number of carbonyl (C=O) groups excluding carboxylic acids is 1. The molecule has 0 spiro atoms. The summed E-state index contributed by atoms with van der Waals surface area (Å²) in [5.41, 5.74) is -0.775. The molecule has 9 nitrogen and oxygen atoms in total. The van der Waals surface area contributed by atoms with Gasteiger partial charge in [-0.3, -0.25) is 19.8 Å². The van der Waals surface area contributed by atoms with Crippen LogP contribution in [0.25, 0.3) is 17.0 Å². The molecule has 0 saturated heterocycles. The van der Waals surface area contributed by atoms with E-state index < -0.39 is 28.1 Å². The quantitative estimate of drug-likeness (QED) is 0.552. The highest BCUT2D eigenvalue weighted by Gasteiger charge is 2.20. The average Bonchev–Trinajstić information content (AvgIpc) is 2.95. The van der Waals surface area contributed by atoms with Crippen LogP contribution in [0.2, 0.25) is 0 Å². The molecule has 0 aliphatic rings. The van der Waals surface area contributed by atoms with Crippen LogP contribution < -0.4 is 5.32 Å². The van der Waals surface area contributed by atoms with E-state index in [-0.39, 0.29) is 17.0 Å². The van der Waals surface area contributed by atoms with Crippen LogP contribution >= 0.6 is 0 Å². The molecule has 0 aliphatic carbocycles. The van der Waals surface area contributed by atoms with Gasteiger partial charge in [0.2, 0.25) is 11.6 Å². The number of benzene rings is 1. The van der Waals surface area contributed by atoms with Gasteiger partial charge in [-0.1, -0.05) is 6.07 Å². The molecule has 0 atom stereocenters. The Morgan fingerprint density at radius 1 is 1.33 bits per heavy atom. The Morgan fingerprint density at radius 2 is 2.07 bits per heavy atom. The first-order chi connectivity index (χ1) is 12.6. The molecule has 2 heterocycles. The molecular weight excluding hydrogens is 357 g/mol. The summed E-state index contributed by atoms with van der Waals surface area (Å²) in [5.74, 6) is -0.733. The molecule has 1 amide bonds. The largest absolute Gasteiger partial charge is 0.444 e. The van der Waals surface area contributed by atoms with Crippen molar-refractivity contribution in [1.29, 1.82) is 0 Å². The highest BCUT2D eigenvalue weighted by Crippen LogP contribution is 2.28. The lowest BCUT2D eigenvalue weighted by atomic mass is 10.1. The number of carbonyl (C=O) groups is 1. The van der Waals surface area contributed by atoms with Crippen molar-refractivity contribution in [2.75, 3.05) is 5.32 Å². The summed E-state index contributed by atoms with van der Waals surface area (Å²) >= 11 is 0. The van der Waals surface area contributed by atoms with Gasteiger partial charge in [-0.15, -0.1) is 0 Å². The van der Waals surface area contributed by atoms with Gasteiger partial charge in [0.05, 0.1) is 22.5 Å². The van der Waals surface area contributed by atoms with E-state index in [0.29, 0.717) is 5.69 Å². The van der Waals surface area contributed by atoms with Crippen LogP contribution in [0.4, 0.5) is 20.6 Å². The minimum Gasteiger partial charge on any atom is -0.444 e. The maximum absolute atomic E-state index is 14.4. The number of anilines is 1. The van der Waals surface area contributed by atoms with E-state index in [0.717, 1.165) is 6.07 Å². The highest BCUT2D eigenvalue weighted by atomic mass is 19.1. The smallest absolute Gasteiger partial charge is 0.412 e. The van der Waals surface area contributed by atoms with Gasteiger partial charge in [0.1, 0.15) is 5.60 Å². The first-order valence-corrected chi connectivity index (χ1v) is 7.92. The third kappa shape index (κ3) is 4.00. The lowest BCUT2D eigenvalue weighted by Gasteiger charge is -2.19. The van der Waals surface area contributed by atoms with Crippen molar-refractivity contribution in [3.05, 3.63) is 52.7 Å². The van der Waals surface area contributed by atoms with Gasteiger partial charge in [0, 0.05) is 24.0 Å². The van der Waals surface area contributed by atoms with E-state index in [1.807, 2.05) is 0 Å². The van der Waals surface area contributed by atoms with Crippen LogP contribution in [-0.4, -0.2) is 31.0 Å². The second-order valence-electron chi connectivity index (χ2n) is 6.70. The summed E-state index contributed by atoms with van der Waals surface area (Å²) in [5, 5.41) is 13.4. The lowest BCUT2D eigenvalue weighted by molar-refractivity contribution is -0.387. The number of ether oxygens (including phenoxy) is 1. The van der Waals surface area contributed by atoms with Gasteiger partial charge in [-0.2, -0.15) is 4.39 Å². The summed E-state index contributed by atoms with van der Waals surface area (Å²) in [6.45, 7) is 5.22. The first-order valence-electron chi connectivity index (χ1n) is 7.92. The molecule has 0 aliphatic heterocycles. The molecular formula is C17H16FN5O4. The van der Waals surface area contributed by atoms with Crippen molar-refractivity contribution < 1.29 is 18.8 Å². The number of hydrogen-bond acceptors (Lipinski definition) is 6. The molecule has 0 bridgehead atoms. The van der Waals surface area contributed by atoms with Crippen molar-refractivity contribution in [2.24, 2.45) is 0 Å². The summed E-state index contributed by atoms with van der Waals surface area (Å²) in [7, 11) is 0. The van der Waals surface area contributed by atoms with E-state index in [9.17, 15) is 19.3 Å². The van der Waals surface area contributed by atoms with Crippen LogP contribution in [0.3, 0.4) is 0 Å². The number of rotatable bonds is 3. The number of nitrogens with one attached hydrogen (secondary N) is 1. The highest BCUT2D eigenvalue weighted by molar-refractivity contribution is 5.84. The van der Waals surface area contributed by atoms with Crippen molar-refractivity contribution in [3.63, 3.8) is 0 Å². The van der Waals surface area contributed by atoms with Gasteiger partial charge >= 0.3 is 11.8 Å². The van der Waals surface area contributed by atoms with Gasteiger partial charge in [0.15, 0.2) is 0 Å². The maximum Gasteiger partial charge on any atom is 0.412 e. The predicted molar refractivity (Wildman–Crippen MR) is 94.9 cm³/mol. The van der Waals surface area contributed by atoms with Crippen LogP contribution in [-0.2, 0) is 4.74 Å². The maximum atomic E-state index is 14.4. The first kappa shape index (κ1) is 18.2. The van der Waals surface area contributed by atoms with Crippen LogP contribution in [0, 0.1) is 15.9 Å².